The highest BCUT2D eigenvalue weighted by Gasteiger charge is 2.44. The number of hydrogen-bond acceptors (Lipinski definition) is 5. The summed E-state index contributed by atoms with van der Waals surface area (Å²) >= 11 is 0. The minimum atomic E-state index is -0.376. The Morgan fingerprint density at radius 3 is 2.26 bits per heavy atom. The molecule has 1 heterocycles. The zero-order valence-electron chi connectivity index (χ0n) is 14.0. The van der Waals surface area contributed by atoms with Crippen molar-refractivity contribution in [3.63, 3.8) is 0 Å². The molecule has 0 aromatic heterocycles. The summed E-state index contributed by atoms with van der Waals surface area (Å²) in [4.78, 5) is 11.1. The fourth-order valence-corrected chi connectivity index (χ4v) is 3.71. The van der Waals surface area contributed by atoms with E-state index >= 15 is 0 Å². The molecular formula is C17H26ClN5. The summed E-state index contributed by atoms with van der Waals surface area (Å²) in [5.74, 6) is 1.48. The van der Waals surface area contributed by atoms with Crippen LogP contribution in [-0.2, 0) is 0 Å². The molecule has 0 atom stereocenters. The molecule has 1 aliphatic carbocycles. The van der Waals surface area contributed by atoms with Gasteiger partial charge in [-0.15, -0.1) is 12.4 Å². The van der Waals surface area contributed by atoms with Gasteiger partial charge in [0.05, 0.1) is 5.69 Å². The number of para-hydroxylation sites is 1. The summed E-state index contributed by atoms with van der Waals surface area (Å²) in [6.45, 7) is 6.51. The fraction of sp³-hybridized carbons (Fsp3) is 0.529. The van der Waals surface area contributed by atoms with Crippen molar-refractivity contribution in [1.29, 1.82) is 0 Å². The van der Waals surface area contributed by atoms with Crippen LogP contribution < -0.4 is 16.4 Å². The maximum atomic E-state index is 6.29. The third kappa shape index (κ3) is 3.02. The minimum absolute atomic E-state index is 0. The predicted octanol–water partition coefficient (Wildman–Crippen LogP) is 3.08. The van der Waals surface area contributed by atoms with E-state index in [0.717, 1.165) is 37.3 Å². The van der Waals surface area contributed by atoms with Crippen molar-refractivity contribution < 1.29 is 0 Å². The molecule has 2 aliphatic rings. The maximum Gasteiger partial charge on any atom is 0.220 e. The van der Waals surface area contributed by atoms with Gasteiger partial charge in [-0.05, 0) is 56.6 Å². The normalized spacial score (nSPS) is 27.3. The van der Waals surface area contributed by atoms with Crippen LogP contribution in [0.2, 0.25) is 0 Å². The van der Waals surface area contributed by atoms with E-state index in [2.05, 4.69) is 48.9 Å². The average molecular weight is 336 g/mol. The van der Waals surface area contributed by atoms with Crippen molar-refractivity contribution in [1.82, 2.24) is 0 Å². The van der Waals surface area contributed by atoms with Gasteiger partial charge in [0, 0.05) is 0 Å². The van der Waals surface area contributed by atoms with Crippen LogP contribution >= 0.6 is 12.4 Å². The monoisotopic (exact) mass is 335 g/mol. The van der Waals surface area contributed by atoms with E-state index < -0.39 is 0 Å². The van der Waals surface area contributed by atoms with E-state index in [4.69, 9.17) is 16.5 Å². The van der Waals surface area contributed by atoms with Gasteiger partial charge >= 0.3 is 0 Å². The molecule has 4 N–H and O–H groups in total. The molecule has 1 fully saturated rings. The Bertz CT molecular complexity index is 624. The Balaban J connectivity index is 0.00000192. The van der Waals surface area contributed by atoms with Gasteiger partial charge in [-0.3, -0.25) is 4.90 Å². The minimum Gasteiger partial charge on any atom is -0.369 e. The number of aryl methyl sites for hydroxylation is 2. The summed E-state index contributed by atoms with van der Waals surface area (Å²) in [6.07, 6.45) is 4.18. The molecule has 6 heteroatoms. The Morgan fingerprint density at radius 2 is 1.70 bits per heavy atom. The number of halogens is 1. The molecule has 0 radical (unpaired) electrons. The Morgan fingerprint density at radius 1 is 1.13 bits per heavy atom. The lowest BCUT2D eigenvalue weighted by Crippen LogP contribution is -2.59. The van der Waals surface area contributed by atoms with E-state index in [0.29, 0.717) is 11.9 Å². The highest BCUT2D eigenvalue weighted by atomic mass is 35.5. The molecule has 0 amide bonds. The molecule has 126 valence electrons. The lowest BCUT2D eigenvalue weighted by atomic mass is 9.81. The summed E-state index contributed by atoms with van der Waals surface area (Å²) < 4.78 is 0. The van der Waals surface area contributed by atoms with Crippen molar-refractivity contribution in [2.24, 2.45) is 27.4 Å². The number of nitrogens with two attached hydrogens (primary N) is 2. The van der Waals surface area contributed by atoms with E-state index in [-0.39, 0.29) is 18.1 Å². The molecule has 3 rings (SSSR count). The van der Waals surface area contributed by atoms with Gasteiger partial charge in [-0.2, -0.15) is 4.99 Å². The number of aliphatic imine (C=N–C) groups is 2. The number of hydrogen-bond donors (Lipinski definition) is 2. The second-order valence-electron chi connectivity index (χ2n) is 6.68. The molecule has 0 saturated heterocycles. The molecule has 1 saturated carbocycles. The zero-order valence-corrected chi connectivity index (χ0v) is 14.9. The van der Waals surface area contributed by atoms with Crippen LogP contribution in [0.4, 0.5) is 5.69 Å². The molecule has 1 aromatic rings. The standard InChI is InChI=1S/C17H25N5.ClH/c1-11-7-9-17(10-8-11)21-15(18)20-16(19)22(17)14-12(2)5-4-6-13(14)3;/h4-6,11H,7-10H2,1-3H3,(H4,18,19,20,21);1H. The van der Waals surface area contributed by atoms with Crippen molar-refractivity contribution >= 4 is 30.0 Å². The van der Waals surface area contributed by atoms with Gasteiger partial charge in [0.25, 0.3) is 0 Å². The molecule has 1 aliphatic heterocycles. The second kappa shape index (κ2) is 6.40. The molecule has 0 bridgehead atoms. The second-order valence-corrected chi connectivity index (χ2v) is 6.68. The fourth-order valence-electron chi connectivity index (χ4n) is 3.71. The number of rotatable bonds is 1. The number of guanidine groups is 2. The molecule has 0 unspecified atom stereocenters. The Hall–Kier alpha value is -1.75. The van der Waals surface area contributed by atoms with Crippen molar-refractivity contribution in [2.45, 2.75) is 52.1 Å². The van der Waals surface area contributed by atoms with Crippen molar-refractivity contribution in [3.8, 4) is 0 Å². The molecule has 1 spiro atoms. The van der Waals surface area contributed by atoms with Gasteiger partial charge in [0.1, 0.15) is 5.66 Å². The lowest BCUT2D eigenvalue weighted by Gasteiger charge is -2.47. The SMILES string of the molecule is Cc1cccc(C)c1N1C(N)=NC(N)=NC12CCC(C)CC2.Cl. The van der Waals surface area contributed by atoms with E-state index in [1.54, 1.807) is 0 Å². The van der Waals surface area contributed by atoms with Crippen LogP contribution in [0.25, 0.3) is 0 Å². The first-order valence-corrected chi connectivity index (χ1v) is 7.99. The summed E-state index contributed by atoms with van der Waals surface area (Å²) in [5.41, 5.74) is 15.4. The van der Waals surface area contributed by atoms with Crippen LogP contribution in [0.1, 0.15) is 43.7 Å². The predicted molar refractivity (Wildman–Crippen MR) is 99.3 cm³/mol. The van der Waals surface area contributed by atoms with Crippen LogP contribution in [0.5, 0.6) is 0 Å². The smallest absolute Gasteiger partial charge is 0.220 e. The lowest BCUT2D eigenvalue weighted by molar-refractivity contribution is 0.252. The van der Waals surface area contributed by atoms with Gasteiger partial charge in [0.2, 0.25) is 11.9 Å². The number of nitrogens with zero attached hydrogens (tertiary/aromatic N) is 3. The highest BCUT2D eigenvalue weighted by molar-refractivity contribution is 6.06. The van der Waals surface area contributed by atoms with Gasteiger partial charge in [-0.1, -0.05) is 25.1 Å². The zero-order chi connectivity index (χ0) is 15.9. The first-order chi connectivity index (χ1) is 10.4. The molecule has 1 aromatic carbocycles. The molecule has 23 heavy (non-hydrogen) atoms. The Labute approximate surface area is 144 Å². The quantitative estimate of drug-likeness (QED) is 0.827. The van der Waals surface area contributed by atoms with Crippen molar-refractivity contribution in [3.05, 3.63) is 29.3 Å². The molecular weight excluding hydrogens is 310 g/mol. The first-order valence-electron chi connectivity index (χ1n) is 7.99. The van der Waals surface area contributed by atoms with Crippen LogP contribution in [-0.4, -0.2) is 17.6 Å². The van der Waals surface area contributed by atoms with Gasteiger partial charge in [0.15, 0.2) is 0 Å². The maximum absolute atomic E-state index is 6.29. The van der Waals surface area contributed by atoms with Gasteiger partial charge in [-0.25, -0.2) is 4.99 Å². The van der Waals surface area contributed by atoms with Crippen LogP contribution in [0, 0.1) is 19.8 Å². The summed E-state index contributed by atoms with van der Waals surface area (Å²) in [5, 5.41) is 0. The van der Waals surface area contributed by atoms with E-state index in [9.17, 15) is 0 Å². The van der Waals surface area contributed by atoms with Gasteiger partial charge < -0.3 is 11.5 Å². The topological polar surface area (TPSA) is 80.0 Å². The third-order valence-corrected chi connectivity index (χ3v) is 4.94. The van der Waals surface area contributed by atoms with Crippen LogP contribution in [0.3, 0.4) is 0 Å². The average Bonchev–Trinajstić information content (AvgIpc) is 2.44. The number of anilines is 1. The number of benzene rings is 1. The van der Waals surface area contributed by atoms with E-state index in [1.807, 2.05) is 0 Å². The third-order valence-electron chi connectivity index (χ3n) is 4.94. The molecule has 5 nitrogen and oxygen atoms in total. The first kappa shape index (κ1) is 17.6. The van der Waals surface area contributed by atoms with Crippen molar-refractivity contribution in [2.75, 3.05) is 4.90 Å². The summed E-state index contributed by atoms with van der Waals surface area (Å²) in [6, 6.07) is 6.28. The highest BCUT2D eigenvalue weighted by Crippen LogP contribution is 2.42. The Kier molecular flexibility index (Phi) is 4.90. The van der Waals surface area contributed by atoms with Crippen LogP contribution in [0.15, 0.2) is 28.2 Å². The largest absolute Gasteiger partial charge is 0.369 e. The van der Waals surface area contributed by atoms with E-state index in [1.165, 1.54) is 11.1 Å². The summed E-state index contributed by atoms with van der Waals surface area (Å²) in [7, 11) is 0.